The Labute approximate surface area is 265 Å². The third-order valence-corrected chi connectivity index (χ3v) is 9.43. The van der Waals surface area contributed by atoms with Crippen LogP contribution in [0.15, 0.2) is 108 Å². The van der Waals surface area contributed by atoms with E-state index in [1.165, 1.54) is 29.2 Å². The molecular formula is C36H40FN3O4S. The van der Waals surface area contributed by atoms with E-state index in [0.717, 1.165) is 21.0 Å². The van der Waals surface area contributed by atoms with Crippen molar-refractivity contribution in [3.63, 3.8) is 0 Å². The molecule has 2 atom stereocenters. The fraction of sp³-hybridized carbons (Fsp3) is 0.278. The Morgan fingerprint density at radius 1 is 0.822 bits per heavy atom. The molecule has 0 saturated heterocycles. The maximum atomic E-state index is 14.5. The van der Waals surface area contributed by atoms with E-state index >= 15 is 0 Å². The first-order valence-corrected chi connectivity index (χ1v) is 16.5. The van der Waals surface area contributed by atoms with Crippen LogP contribution in [0.25, 0.3) is 0 Å². The van der Waals surface area contributed by atoms with Gasteiger partial charge in [-0.15, -0.1) is 0 Å². The first kappa shape index (κ1) is 33.4. The zero-order valence-electron chi connectivity index (χ0n) is 26.1. The van der Waals surface area contributed by atoms with Crippen LogP contribution in [0.4, 0.5) is 10.1 Å². The summed E-state index contributed by atoms with van der Waals surface area (Å²) < 4.78 is 43.2. The number of sulfonamides is 1. The van der Waals surface area contributed by atoms with Gasteiger partial charge in [0, 0.05) is 19.0 Å². The predicted octanol–water partition coefficient (Wildman–Crippen LogP) is 6.19. The van der Waals surface area contributed by atoms with Crippen LogP contribution in [0, 0.1) is 19.7 Å². The molecule has 0 aliphatic carbocycles. The van der Waals surface area contributed by atoms with Crippen molar-refractivity contribution >= 4 is 27.5 Å². The van der Waals surface area contributed by atoms with Gasteiger partial charge in [-0.3, -0.25) is 13.9 Å². The third kappa shape index (κ3) is 8.79. The van der Waals surface area contributed by atoms with E-state index in [9.17, 15) is 22.4 Å². The summed E-state index contributed by atoms with van der Waals surface area (Å²) >= 11 is 0. The van der Waals surface area contributed by atoms with Crippen molar-refractivity contribution in [3.8, 4) is 0 Å². The maximum Gasteiger partial charge on any atom is 0.264 e. The fourth-order valence-electron chi connectivity index (χ4n) is 5.12. The predicted molar refractivity (Wildman–Crippen MR) is 176 cm³/mol. The average molecular weight is 630 g/mol. The molecular weight excluding hydrogens is 589 g/mol. The lowest BCUT2D eigenvalue weighted by molar-refractivity contribution is -0.140. The Morgan fingerprint density at radius 3 is 1.98 bits per heavy atom. The van der Waals surface area contributed by atoms with Gasteiger partial charge in [-0.05, 0) is 85.8 Å². The Bertz CT molecular complexity index is 1680. The summed E-state index contributed by atoms with van der Waals surface area (Å²) in [6.07, 6.45) is 0.885. The molecule has 0 unspecified atom stereocenters. The molecule has 2 amide bonds. The number of halogens is 1. The van der Waals surface area contributed by atoms with Gasteiger partial charge in [0.1, 0.15) is 18.4 Å². The lowest BCUT2D eigenvalue weighted by atomic mass is 10.0. The molecule has 0 aromatic heterocycles. The number of rotatable bonds is 13. The van der Waals surface area contributed by atoms with Crippen LogP contribution in [0.5, 0.6) is 0 Å². The van der Waals surface area contributed by atoms with Crippen molar-refractivity contribution in [2.24, 2.45) is 0 Å². The van der Waals surface area contributed by atoms with Gasteiger partial charge in [-0.2, -0.15) is 0 Å². The molecule has 0 radical (unpaired) electrons. The number of anilines is 1. The molecule has 4 rings (SSSR count). The van der Waals surface area contributed by atoms with Crippen molar-refractivity contribution in [1.29, 1.82) is 0 Å². The summed E-state index contributed by atoms with van der Waals surface area (Å²) in [5, 5.41) is 3.01. The van der Waals surface area contributed by atoms with E-state index < -0.39 is 34.3 Å². The van der Waals surface area contributed by atoms with Gasteiger partial charge in [0.05, 0.1) is 10.6 Å². The number of aryl methyl sites for hydroxylation is 2. The topological polar surface area (TPSA) is 86.8 Å². The summed E-state index contributed by atoms with van der Waals surface area (Å²) in [6, 6.07) is 27.3. The summed E-state index contributed by atoms with van der Waals surface area (Å²) in [5.74, 6) is -1.35. The summed E-state index contributed by atoms with van der Waals surface area (Å²) in [6.45, 7) is 6.98. The van der Waals surface area contributed by atoms with Crippen molar-refractivity contribution in [2.75, 3.05) is 10.8 Å². The Kier molecular flexibility index (Phi) is 11.1. The second-order valence-corrected chi connectivity index (χ2v) is 13.2. The summed E-state index contributed by atoms with van der Waals surface area (Å²) in [4.78, 5) is 29.8. The molecule has 0 fully saturated rings. The first-order chi connectivity index (χ1) is 21.5. The maximum absolute atomic E-state index is 14.5. The number of nitrogens with zero attached hydrogens (tertiary/aromatic N) is 2. The molecule has 4 aromatic carbocycles. The number of carbonyl (C=O) groups excluding carboxylic acids is 2. The fourth-order valence-corrected chi connectivity index (χ4v) is 6.54. The zero-order chi connectivity index (χ0) is 32.6. The largest absolute Gasteiger partial charge is 0.352 e. The van der Waals surface area contributed by atoms with Crippen molar-refractivity contribution in [2.45, 2.75) is 64.1 Å². The van der Waals surface area contributed by atoms with Crippen LogP contribution in [-0.2, 0) is 32.6 Å². The third-order valence-electron chi connectivity index (χ3n) is 7.64. The molecule has 0 aliphatic heterocycles. The lowest BCUT2D eigenvalue weighted by Gasteiger charge is -2.34. The van der Waals surface area contributed by atoms with Gasteiger partial charge in [0.25, 0.3) is 10.0 Å². The van der Waals surface area contributed by atoms with Crippen LogP contribution < -0.4 is 9.62 Å². The van der Waals surface area contributed by atoms with Gasteiger partial charge < -0.3 is 10.2 Å². The number of nitrogens with one attached hydrogen (secondary N) is 1. The molecule has 0 aliphatic rings. The molecule has 1 N–H and O–H groups in total. The summed E-state index contributed by atoms with van der Waals surface area (Å²) in [5.41, 5.74) is 3.45. The second-order valence-electron chi connectivity index (χ2n) is 11.3. The van der Waals surface area contributed by atoms with Crippen molar-refractivity contribution < 1.29 is 22.4 Å². The monoisotopic (exact) mass is 629 g/mol. The molecule has 0 heterocycles. The van der Waals surface area contributed by atoms with Crippen LogP contribution in [0.2, 0.25) is 0 Å². The summed E-state index contributed by atoms with van der Waals surface area (Å²) in [7, 11) is -4.19. The highest BCUT2D eigenvalue weighted by atomic mass is 32.2. The lowest BCUT2D eigenvalue weighted by Crippen LogP contribution is -2.54. The molecule has 236 valence electrons. The van der Waals surface area contributed by atoms with E-state index in [4.69, 9.17) is 0 Å². The Hall–Kier alpha value is -4.50. The van der Waals surface area contributed by atoms with Crippen LogP contribution >= 0.6 is 0 Å². The quantitative estimate of drug-likeness (QED) is 0.191. The van der Waals surface area contributed by atoms with Crippen LogP contribution in [0.1, 0.15) is 42.5 Å². The van der Waals surface area contributed by atoms with E-state index in [1.807, 2.05) is 64.1 Å². The Morgan fingerprint density at radius 2 is 1.40 bits per heavy atom. The molecule has 0 saturated carbocycles. The number of hydrogen-bond acceptors (Lipinski definition) is 4. The van der Waals surface area contributed by atoms with Gasteiger partial charge in [0.15, 0.2) is 0 Å². The SMILES string of the molecule is CC[C@H](C)NC(=O)[C@@H](Cc1ccccc1)N(Cc1ccc(F)cc1)C(=O)CN(c1cc(C)cc(C)c1)S(=O)(=O)c1ccccc1. The van der Waals surface area contributed by atoms with E-state index in [2.05, 4.69) is 5.32 Å². The molecule has 45 heavy (non-hydrogen) atoms. The highest BCUT2D eigenvalue weighted by Crippen LogP contribution is 2.27. The first-order valence-electron chi connectivity index (χ1n) is 15.0. The van der Waals surface area contributed by atoms with Crippen LogP contribution in [-0.4, -0.2) is 43.8 Å². The Balaban J connectivity index is 1.82. The molecule has 4 aromatic rings. The number of amides is 2. The van der Waals surface area contributed by atoms with Crippen molar-refractivity contribution in [3.05, 3.63) is 131 Å². The minimum Gasteiger partial charge on any atom is -0.352 e. The average Bonchev–Trinajstić information content (AvgIpc) is 3.02. The minimum absolute atomic E-state index is 0.0311. The highest BCUT2D eigenvalue weighted by Gasteiger charge is 2.35. The molecule has 7 nitrogen and oxygen atoms in total. The molecule has 0 spiro atoms. The van der Waals surface area contributed by atoms with Gasteiger partial charge in [0.2, 0.25) is 11.8 Å². The second kappa shape index (κ2) is 15.0. The zero-order valence-corrected chi connectivity index (χ0v) is 26.9. The normalized spacial score (nSPS) is 12.6. The van der Waals surface area contributed by atoms with E-state index in [-0.39, 0.29) is 29.8 Å². The number of hydrogen-bond donors (Lipinski definition) is 1. The van der Waals surface area contributed by atoms with Gasteiger partial charge >= 0.3 is 0 Å². The smallest absolute Gasteiger partial charge is 0.264 e. The molecule has 9 heteroatoms. The number of carbonyl (C=O) groups is 2. The van der Waals surface area contributed by atoms with E-state index in [0.29, 0.717) is 17.7 Å². The minimum atomic E-state index is -4.19. The van der Waals surface area contributed by atoms with Gasteiger partial charge in [-0.25, -0.2) is 12.8 Å². The standard InChI is InChI=1S/C36H40FN3O4S/c1-5-28(4)38-36(42)34(23-29-12-8-6-9-13-29)39(24-30-16-18-31(37)19-17-30)35(41)25-40(32-21-26(2)20-27(3)22-32)45(43,44)33-14-10-7-11-15-33/h6-22,28,34H,5,23-25H2,1-4H3,(H,38,42)/t28-,34+/m0/s1. The van der Waals surface area contributed by atoms with E-state index in [1.54, 1.807) is 42.5 Å². The number of benzene rings is 4. The van der Waals surface area contributed by atoms with Crippen molar-refractivity contribution in [1.82, 2.24) is 10.2 Å². The van der Waals surface area contributed by atoms with Crippen LogP contribution in [0.3, 0.4) is 0 Å². The highest BCUT2D eigenvalue weighted by molar-refractivity contribution is 7.92. The van der Waals surface area contributed by atoms with Gasteiger partial charge in [-0.1, -0.05) is 73.7 Å². The molecule has 0 bridgehead atoms.